The molecule has 78 valence electrons. The van der Waals surface area contributed by atoms with Gasteiger partial charge in [0.2, 0.25) is 0 Å². The highest BCUT2D eigenvalue weighted by molar-refractivity contribution is 5.21. The van der Waals surface area contributed by atoms with Gasteiger partial charge in [0.15, 0.2) is 0 Å². The first kappa shape index (κ1) is 11.2. The second-order valence-electron chi connectivity index (χ2n) is 4.13. The smallest absolute Gasteiger partial charge is 0.0804 e. The third-order valence-corrected chi connectivity index (χ3v) is 1.56. The van der Waals surface area contributed by atoms with Gasteiger partial charge in [-0.15, -0.1) is 0 Å². The summed E-state index contributed by atoms with van der Waals surface area (Å²) in [6, 6.07) is -0.343. The van der Waals surface area contributed by atoms with Crippen LogP contribution in [0.5, 0.6) is 0 Å². The maximum Gasteiger partial charge on any atom is 0.0804 e. The maximum absolute atomic E-state index is 11.5. The topological polar surface area (TPSA) is 35.5 Å². The fourth-order valence-corrected chi connectivity index (χ4v) is 1.02. The second-order valence-corrected chi connectivity index (χ2v) is 4.13. The average Bonchev–Trinajstić information content (AvgIpc) is 2.27. The zero-order chi connectivity index (χ0) is 10.6. The SMILES string of the molecule is CC(C)(C)ON([O-])C1C=CC=CC=C1. The Bertz CT molecular complexity index is 245. The highest BCUT2D eigenvalue weighted by Crippen LogP contribution is 2.14. The van der Waals surface area contributed by atoms with Crippen LogP contribution in [0, 0.1) is 5.21 Å². The third kappa shape index (κ3) is 3.87. The van der Waals surface area contributed by atoms with Crippen molar-refractivity contribution in [1.82, 2.24) is 5.23 Å². The molecule has 14 heavy (non-hydrogen) atoms. The molecule has 0 bridgehead atoms. The lowest BCUT2D eigenvalue weighted by molar-refractivity contribution is -0.205. The van der Waals surface area contributed by atoms with Gasteiger partial charge in [-0.05, 0) is 20.8 Å². The van der Waals surface area contributed by atoms with E-state index in [4.69, 9.17) is 4.84 Å². The monoisotopic (exact) mass is 194 g/mol. The molecular formula is C11H16NO2-. The van der Waals surface area contributed by atoms with Crippen molar-refractivity contribution in [2.24, 2.45) is 0 Å². The minimum absolute atomic E-state index is 0.343. The van der Waals surface area contributed by atoms with Crippen molar-refractivity contribution >= 4 is 0 Å². The highest BCUT2D eigenvalue weighted by Gasteiger charge is 2.14. The zero-order valence-electron chi connectivity index (χ0n) is 8.81. The molecule has 0 spiro atoms. The van der Waals surface area contributed by atoms with Crippen LogP contribution in [0.4, 0.5) is 0 Å². The first-order valence-corrected chi connectivity index (χ1v) is 4.66. The summed E-state index contributed by atoms with van der Waals surface area (Å²) in [7, 11) is 0. The maximum atomic E-state index is 11.5. The molecule has 0 aromatic carbocycles. The van der Waals surface area contributed by atoms with Crippen LogP contribution in [0.25, 0.3) is 0 Å². The third-order valence-electron chi connectivity index (χ3n) is 1.56. The Morgan fingerprint density at radius 2 is 1.57 bits per heavy atom. The predicted molar refractivity (Wildman–Crippen MR) is 57.3 cm³/mol. The molecule has 0 radical (unpaired) electrons. The molecule has 1 aliphatic carbocycles. The largest absolute Gasteiger partial charge is 0.761 e. The molecule has 0 heterocycles. The lowest BCUT2D eigenvalue weighted by Gasteiger charge is -2.37. The van der Waals surface area contributed by atoms with E-state index in [9.17, 15) is 5.21 Å². The number of hydroxylamine groups is 2. The summed E-state index contributed by atoms with van der Waals surface area (Å²) in [5, 5.41) is 12.2. The van der Waals surface area contributed by atoms with Gasteiger partial charge in [-0.3, -0.25) is 5.23 Å². The Kier molecular flexibility index (Phi) is 3.63. The lowest BCUT2D eigenvalue weighted by Crippen LogP contribution is -2.35. The lowest BCUT2D eigenvalue weighted by atomic mass is 10.2. The molecule has 3 heteroatoms. The Hall–Kier alpha value is -0.900. The molecular weight excluding hydrogens is 178 g/mol. The van der Waals surface area contributed by atoms with Gasteiger partial charge >= 0.3 is 0 Å². The van der Waals surface area contributed by atoms with Gasteiger partial charge in [-0.1, -0.05) is 36.5 Å². The van der Waals surface area contributed by atoms with Gasteiger partial charge in [0.25, 0.3) is 0 Å². The Balaban J connectivity index is 2.56. The molecule has 0 amide bonds. The predicted octanol–water partition coefficient (Wildman–Crippen LogP) is 2.57. The average molecular weight is 194 g/mol. The van der Waals surface area contributed by atoms with E-state index in [1.54, 1.807) is 12.2 Å². The summed E-state index contributed by atoms with van der Waals surface area (Å²) in [6.45, 7) is 5.54. The second kappa shape index (κ2) is 4.55. The van der Waals surface area contributed by atoms with Crippen molar-refractivity contribution in [2.75, 3.05) is 0 Å². The molecule has 0 fully saturated rings. The zero-order valence-corrected chi connectivity index (χ0v) is 8.81. The highest BCUT2D eigenvalue weighted by atomic mass is 16.9. The number of allylic oxidation sites excluding steroid dienone is 4. The molecule has 0 saturated heterocycles. The van der Waals surface area contributed by atoms with E-state index in [1.807, 2.05) is 45.1 Å². The summed E-state index contributed by atoms with van der Waals surface area (Å²) in [5.74, 6) is 0. The van der Waals surface area contributed by atoms with E-state index in [0.29, 0.717) is 5.23 Å². The molecule has 0 saturated carbocycles. The van der Waals surface area contributed by atoms with Crippen LogP contribution in [0.15, 0.2) is 36.5 Å². The van der Waals surface area contributed by atoms with Crippen LogP contribution in [0.1, 0.15) is 20.8 Å². The van der Waals surface area contributed by atoms with Gasteiger partial charge in [0, 0.05) is 0 Å². The molecule has 0 aromatic heterocycles. The number of hydrogen-bond donors (Lipinski definition) is 0. The first-order chi connectivity index (χ1) is 6.49. The molecule has 0 aliphatic heterocycles. The Morgan fingerprint density at radius 3 is 2.00 bits per heavy atom. The van der Waals surface area contributed by atoms with E-state index in [2.05, 4.69) is 0 Å². The minimum Gasteiger partial charge on any atom is -0.761 e. The number of nitrogens with zero attached hydrogens (tertiary/aromatic N) is 1. The first-order valence-electron chi connectivity index (χ1n) is 4.66. The van der Waals surface area contributed by atoms with Crippen molar-refractivity contribution in [3.8, 4) is 0 Å². The van der Waals surface area contributed by atoms with E-state index in [0.717, 1.165) is 0 Å². The number of hydrogen-bond acceptors (Lipinski definition) is 3. The molecule has 0 unspecified atom stereocenters. The normalized spacial score (nSPS) is 17.8. The molecule has 1 rings (SSSR count). The van der Waals surface area contributed by atoms with E-state index in [1.165, 1.54) is 0 Å². The summed E-state index contributed by atoms with van der Waals surface area (Å²) in [5.41, 5.74) is -0.455. The fourth-order valence-electron chi connectivity index (χ4n) is 1.02. The molecule has 0 aromatic rings. The van der Waals surface area contributed by atoms with Gasteiger partial charge < -0.3 is 10.0 Å². The fraction of sp³-hybridized carbons (Fsp3) is 0.455. The van der Waals surface area contributed by atoms with E-state index < -0.39 is 5.60 Å². The van der Waals surface area contributed by atoms with Gasteiger partial charge in [0.05, 0.1) is 11.6 Å². The van der Waals surface area contributed by atoms with Crippen molar-refractivity contribution < 1.29 is 4.84 Å². The van der Waals surface area contributed by atoms with Crippen molar-refractivity contribution in [3.63, 3.8) is 0 Å². The summed E-state index contributed by atoms with van der Waals surface area (Å²) in [4.78, 5) is 5.18. The van der Waals surface area contributed by atoms with Crippen LogP contribution >= 0.6 is 0 Å². The van der Waals surface area contributed by atoms with Crippen molar-refractivity contribution in [2.45, 2.75) is 32.4 Å². The van der Waals surface area contributed by atoms with Crippen LogP contribution in [0.3, 0.4) is 0 Å². The molecule has 1 aliphatic rings. The quantitative estimate of drug-likeness (QED) is 0.634. The van der Waals surface area contributed by atoms with Crippen LogP contribution in [-0.2, 0) is 4.84 Å². The Morgan fingerprint density at radius 1 is 1.07 bits per heavy atom. The minimum atomic E-state index is -0.455. The van der Waals surface area contributed by atoms with Crippen molar-refractivity contribution in [1.29, 1.82) is 0 Å². The molecule has 0 N–H and O–H groups in total. The summed E-state index contributed by atoms with van der Waals surface area (Å²) in [6.07, 6.45) is 11.0. The van der Waals surface area contributed by atoms with E-state index in [-0.39, 0.29) is 6.04 Å². The van der Waals surface area contributed by atoms with Crippen LogP contribution in [-0.4, -0.2) is 16.9 Å². The number of rotatable bonds is 2. The Labute approximate surface area is 84.9 Å². The van der Waals surface area contributed by atoms with Gasteiger partial charge in [0.1, 0.15) is 0 Å². The molecule has 3 nitrogen and oxygen atoms in total. The summed E-state index contributed by atoms with van der Waals surface area (Å²) < 4.78 is 0. The molecule has 0 atom stereocenters. The van der Waals surface area contributed by atoms with Gasteiger partial charge in [-0.25, -0.2) is 0 Å². The standard InChI is InChI=1S/C11H16NO2/c1-11(2,3)14-12(13)10-8-6-4-5-7-9-10/h4-10H,1-3H3/q-1. The van der Waals surface area contributed by atoms with Crippen LogP contribution in [0.2, 0.25) is 0 Å². The van der Waals surface area contributed by atoms with E-state index >= 15 is 0 Å². The van der Waals surface area contributed by atoms with Crippen molar-refractivity contribution in [3.05, 3.63) is 41.7 Å². The van der Waals surface area contributed by atoms with Crippen LogP contribution < -0.4 is 0 Å². The van der Waals surface area contributed by atoms with Gasteiger partial charge in [-0.2, -0.15) is 0 Å². The summed E-state index contributed by atoms with van der Waals surface area (Å²) >= 11 is 0.